The van der Waals surface area contributed by atoms with Crippen LogP contribution in [0.15, 0.2) is 24.3 Å². The molecule has 1 aromatic rings. The SMILES string of the molecule is N#CCCN1CCCC(C(=O)Nc2ccccc2C(F)(F)F)C1. The van der Waals surface area contributed by atoms with Crippen LogP contribution in [0.5, 0.6) is 0 Å². The summed E-state index contributed by atoms with van der Waals surface area (Å²) in [6.45, 7) is 1.87. The highest BCUT2D eigenvalue weighted by molar-refractivity contribution is 5.93. The summed E-state index contributed by atoms with van der Waals surface area (Å²) in [6, 6.07) is 7.03. The van der Waals surface area contributed by atoms with Crippen molar-refractivity contribution >= 4 is 11.6 Å². The van der Waals surface area contributed by atoms with Crippen LogP contribution >= 0.6 is 0 Å². The zero-order valence-corrected chi connectivity index (χ0v) is 12.6. The van der Waals surface area contributed by atoms with Crippen LogP contribution in [0.2, 0.25) is 0 Å². The number of para-hydroxylation sites is 1. The van der Waals surface area contributed by atoms with Gasteiger partial charge in [0.05, 0.1) is 23.2 Å². The van der Waals surface area contributed by atoms with E-state index in [4.69, 9.17) is 5.26 Å². The Balaban J connectivity index is 2.04. The number of carbonyl (C=O) groups excluding carboxylic acids is 1. The van der Waals surface area contributed by atoms with Crippen LogP contribution in [0, 0.1) is 17.2 Å². The van der Waals surface area contributed by atoms with Gasteiger partial charge < -0.3 is 10.2 Å². The van der Waals surface area contributed by atoms with Crippen LogP contribution in [-0.2, 0) is 11.0 Å². The molecule has 1 unspecified atom stereocenters. The molecular formula is C16H18F3N3O. The number of piperidine rings is 1. The second-order valence-corrected chi connectivity index (χ2v) is 5.58. The molecule has 1 fully saturated rings. The fraction of sp³-hybridized carbons (Fsp3) is 0.500. The smallest absolute Gasteiger partial charge is 0.325 e. The number of rotatable bonds is 4. The van der Waals surface area contributed by atoms with Crippen LogP contribution in [0.3, 0.4) is 0 Å². The minimum atomic E-state index is -4.50. The third-order valence-electron chi connectivity index (χ3n) is 3.91. The maximum Gasteiger partial charge on any atom is 0.418 e. The van der Waals surface area contributed by atoms with E-state index in [1.807, 2.05) is 4.90 Å². The van der Waals surface area contributed by atoms with Gasteiger partial charge >= 0.3 is 6.18 Å². The Kier molecular flexibility index (Phi) is 5.61. The average molecular weight is 325 g/mol. The summed E-state index contributed by atoms with van der Waals surface area (Å²) < 4.78 is 38.9. The number of hydrogen-bond acceptors (Lipinski definition) is 3. The Hall–Kier alpha value is -2.07. The third kappa shape index (κ3) is 4.70. The number of nitrogens with one attached hydrogen (secondary N) is 1. The predicted octanol–water partition coefficient (Wildman–Crippen LogP) is 3.27. The Morgan fingerprint density at radius 1 is 1.39 bits per heavy atom. The monoisotopic (exact) mass is 325 g/mol. The van der Waals surface area contributed by atoms with E-state index < -0.39 is 17.6 Å². The quantitative estimate of drug-likeness (QED) is 0.924. The summed E-state index contributed by atoms with van der Waals surface area (Å²) in [6.07, 6.45) is -2.69. The van der Waals surface area contributed by atoms with Gasteiger partial charge in [-0.05, 0) is 31.5 Å². The number of amides is 1. The molecule has 0 radical (unpaired) electrons. The molecule has 1 amide bonds. The first kappa shape index (κ1) is 17.3. The molecule has 0 spiro atoms. The summed E-state index contributed by atoms with van der Waals surface area (Å²) in [7, 11) is 0. The van der Waals surface area contributed by atoms with Gasteiger partial charge in [0, 0.05) is 19.5 Å². The van der Waals surface area contributed by atoms with Crippen LogP contribution < -0.4 is 5.32 Å². The van der Waals surface area contributed by atoms with Crippen molar-refractivity contribution in [3.05, 3.63) is 29.8 Å². The van der Waals surface area contributed by atoms with E-state index >= 15 is 0 Å². The summed E-state index contributed by atoms with van der Waals surface area (Å²) in [4.78, 5) is 14.3. The lowest BCUT2D eigenvalue weighted by atomic mass is 9.96. The number of nitrogens with zero attached hydrogens (tertiary/aromatic N) is 2. The Morgan fingerprint density at radius 3 is 2.83 bits per heavy atom. The Morgan fingerprint density at radius 2 is 2.13 bits per heavy atom. The van der Waals surface area contributed by atoms with Gasteiger partial charge in [0.25, 0.3) is 0 Å². The van der Waals surface area contributed by atoms with Crippen molar-refractivity contribution in [3.8, 4) is 6.07 Å². The van der Waals surface area contributed by atoms with Gasteiger partial charge in [-0.2, -0.15) is 18.4 Å². The molecule has 1 aliphatic rings. The first-order chi connectivity index (χ1) is 10.9. The van der Waals surface area contributed by atoms with E-state index in [0.29, 0.717) is 25.9 Å². The van der Waals surface area contributed by atoms with E-state index in [1.165, 1.54) is 18.2 Å². The number of carbonyl (C=O) groups is 1. The van der Waals surface area contributed by atoms with Crippen molar-refractivity contribution in [2.75, 3.05) is 25.0 Å². The number of halogens is 3. The van der Waals surface area contributed by atoms with Crippen LogP contribution in [0.1, 0.15) is 24.8 Å². The molecule has 0 bridgehead atoms. The molecule has 1 aromatic carbocycles. The first-order valence-corrected chi connectivity index (χ1v) is 7.48. The number of alkyl halides is 3. The zero-order chi connectivity index (χ0) is 16.9. The summed E-state index contributed by atoms with van der Waals surface area (Å²) in [5, 5.41) is 11.0. The number of likely N-dealkylation sites (tertiary alicyclic amines) is 1. The molecule has 1 atom stereocenters. The fourth-order valence-corrected chi connectivity index (χ4v) is 2.75. The Bertz CT molecular complexity index is 595. The van der Waals surface area contributed by atoms with Crippen molar-refractivity contribution in [2.24, 2.45) is 5.92 Å². The van der Waals surface area contributed by atoms with Crippen molar-refractivity contribution in [1.29, 1.82) is 5.26 Å². The zero-order valence-electron chi connectivity index (χ0n) is 12.6. The van der Waals surface area contributed by atoms with Crippen molar-refractivity contribution in [1.82, 2.24) is 4.90 Å². The normalized spacial score (nSPS) is 19.1. The molecule has 1 heterocycles. The minimum Gasteiger partial charge on any atom is -0.325 e. The highest BCUT2D eigenvalue weighted by Crippen LogP contribution is 2.35. The minimum absolute atomic E-state index is 0.209. The highest BCUT2D eigenvalue weighted by Gasteiger charge is 2.34. The molecule has 0 aromatic heterocycles. The molecule has 0 saturated carbocycles. The number of nitriles is 1. The average Bonchev–Trinajstić information content (AvgIpc) is 2.52. The van der Waals surface area contributed by atoms with E-state index in [9.17, 15) is 18.0 Å². The second kappa shape index (κ2) is 7.47. The lowest BCUT2D eigenvalue weighted by molar-refractivity contribution is -0.137. The summed E-state index contributed by atoms with van der Waals surface area (Å²) in [5.41, 5.74) is -1.05. The van der Waals surface area contributed by atoms with Crippen LogP contribution in [0.4, 0.5) is 18.9 Å². The van der Waals surface area contributed by atoms with Gasteiger partial charge in [-0.3, -0.25) is 4.79 Å². The van der Waals surface area contributed by atoms with Crippen molar-refractivity contribution < 1.29 is 18.0 Å². The first-order valence-electron chi connectivity index (χ1n) is 7.48. The van der Waals surface area contributed by atoms with Crippen molar-refractivity contribution in [3.63, 3.8) is 0 Å². The van der Waals surface area contributed by atoms with E-state index in [1.54, 1.807) is 0 Å². The molecule has 23 heavy (non-hydrogen) atoms. The number of anilines is 1. The standard InChI is InChI=1S/C16H18F3N3O/c17-16(18,19)13-6-1-2-7-14(13)21-15(23)12-5-3-9-22(11-12)10-4-8-20/h1-2,6-7,12H,3-5,9-11H2,(H,21,23). The fourth-order valence-electron chi connectivity index (χ4n) is 2.75. The van der Waals surface area contributed by atoms with Gasteiger partial charge in [-0.1, -0.05) is 12.1 Å². The Labute approximate surface area is 132 Å². The molecule has 124 valence electrons. The number of hydrogen-bond donors (Lipinski definition) is 1. The van der Waals surface area contributed by atoms with E-state index in [2.05, 4.69) is 11.4 Å². The highest BCUT2D eigenvalue weighted by atomic mass is 19.4. The largest absolute Gasteiger partial charge is 0.418 e. The molecule has 1 aliphatic heterocycles. The molecule has 4 nitrogen and oxygen atoms in total. The predicted molar refractivity (Wildman–Crippen MR) is 79.5 cm³/mol. The molecule has 7 heteroatoms. The summed E-state index contributed by atoms with van der Waals surface area (Å²) >= 11 is 0. The van der Waals surface area contributed by atoms with Gasteiger partial charge in [0.1, 0.15) is 0 Å². The maximum atomic E-state index is 13.0. The molecule has 1 N–H and O–H groups in total. The lowest BCUT2D eigenvalue weighted by Gasteiger charge is -2.31. The van der Waals surface area contributed by atoms with Gasteiger partial charge in [0.2, 0.25) is 5.91 Å². The van der Waals surface area contributed by atoms with Crippen molar-refractivity contribution in [2.45, 2.75) is 25.4 Å². The third-order valence-corrected chi connectivity index (χ3v) is 3.91. The van der Waals surface area contributed by atoms with Crippen LogP contribution in [0.25, 0.3) is 0 Å². The molecule has 1 saturated heterocycles. The van der Waals surface area contributed by atoms with E-state index in [0.717, 1.165) is 19.0 Å². The lowest BCUT2D eigenvalue weighted by Crippen LogP contribution is -2.41. The van der Waals surface area contributed by atoms with Gasteiger partial charge in [-0.15, -0.1) is 0 Å². The topological polar surface area (TPSA) is 56.1 Å². The van der Waals surface area contributed by atoms with Crippen LogP contribution in [-0.4, -0.2) is 30.4 Å². The second-order valence-electron chi connectivity index (χ2n) is 5.58. The maximum absolute atomic E-state index is 13.0. The van der Waals surface area contributed by atoms with Gasteiger partial charge in [0.15, 0.2) is 0 Å². The molecule has 2 rings (SSSR count). The summed E-state index contributed by atoms with van der Waals surface area (Å²) in [5.74, 6) is -0.757. The van der Waals surface area contributed by atoms with E-state index in [-0.39, 0.29) is 11.6 Å². The molecule has 0 aliphatic carbocycles. The number of benzene rings is 1. The molecular weight excluding hydrogens is 307 g/mol. The van der Waals surface area contributed by atoms with Gasteiger partial charge in [-0.25, -0.2) is 0 Å².